The molecule has 0 saturated carbocycles. The predicted octanol–water partition coefficient (Wildman–Crippen LogP) is 4.89. The number of hydrogen-bond acceptors (Lipinski definition) is 4. The molecular weight excluding hydrogens is 361 g/mol. The zero-order valence-electron chi connectivity index (χ0n) is 15.9. The number of thioether (sulfide) groups is 1. The molecule has 0 amide bonds. The molecule has 0 bridgehead atoms. The summed E-state index contributed by atoms with van der Waals surface area (Å²) in [4.78, 5) is 12.2. The van der Waals surface area contributed by atoms with Crippen molar-refractivity contribution in [3.05, 3.63) is 65.5 Å². The number of Topliss-reactive ketones (excluding diaryl/α,β-unsaturated/α-hetero) is 1. The fourth-order valence-electron chi connectivity index (χ4n) is 2.69. The lowest BCUT2D eigenvalue weighted by Crippen LogP contribution is -2.10. The highest BCUT2D eigenvalue weighted by Crippen LogP contribution is 2.27. The summed E-state index contributed by atoms with van der Waals surface area (Å²) >= 11 is 1.30. The Hall–Kier alpha value is -2.47. The minimum atomic E-state index is -0.412. The number of halogens is 1. The van der Waals surface area contributed by atoms with Gasteiger partial charge in [0.05, 0.1) is 5.75 Å². The van der Waals surface area contributed by atoms with E-state index in [0.717, 1.165) is 11.4 Å². The molecule has 0 radical (unpaired) electrons. The van der Waals surface area contributed by atoms with E-state index in [1.54, 1.807) is 6.07 Å². The van der Waals surface area contributed by atoms with Gasteiger partial charge in [0.1, 0.15) is 5.82 Å². The molecule has 0 fully saturated rings. The molecule has 1 heterocycles. The van der Waals surface area contributed by atoms with Gasteiger partial charge in [-0.1, -0.05) is 68.9 Å². The Bertz CT molecular complexity index is 958. The van der Waals surface area contributed by atoms with Crippen LogP contribution in [0.2, 0.25) is 0 Å². The van der Waals surface area contributed by atoms with E-state index in [-0.39, 0.29) is 17.0 Å². The molecule has 27 heavy (non-hydrogen) atoms. The smallest absolute Gasteiger partial charge is 0.191 e. The summed E-state index contributed by atoms with van der Waals surface area (Å²) in [5.74, 6) is 0.374. The van der Waals surface area contributed by atoms with Crippen molar-refractivity contribution in [1.29, 1.82) is 0 Å². The number of nitrogens with zero attached hydrogens (tertiary/aromatic N) is 3. The molecule has 0 spiro atoms. The first-order valence-electron chi connectivity index (χ1n) is 8.67. The fourth-order valence-corrected chi connectivity index (χ4v) is 3.49. The van der Waals surface area contributed by atoms with Gasteiger partial charge in [0, 0.05) is 18.2 Å². The number of ketones is 1. The normalized spacial score (nSPS) is 11.6. The summed E-state index contributed by atoms with van der Waals surface area (Å²) in [6.45, 7) is 6.53. The van der Waals surface area contributed by atoms with Crippen LogP contribution < -0.4 is 0 Å². The highest BCUT2D eigenvalue weighted by molar-refractivity contribution is 7.99. The van der Waals surface area contributed by atoms with Crippen LogP contribution in [-0.4, -0.2) is 26.3 Å². The largest absolute Gasteiger partial charge is 0.305 e. The quantitative estimate of drug-likeness (QED) is 0.465. The molecule has 4 nitrogen and oxygen atoms in total. The first kappa shape index (κ1) is 19.3. The topological polar surface area (TPSA) is 47.8 Å². The molecule has 140 valence electrons. The van der Waals surface area contributed by atoms with Crippen LogP contribution in [0.15, 0.2) is 53.7 Å². The standard InChI is InChI=1S/C21H22FN3OS/c1-21(2,3)16-10-8-14(9-11-16)19-23-24-20(25(19)4)27-13-18(26)15-6-5-7-17(22)12-15/h5-12H,13H2,1-4H3. The Morgan fingerprint density at radius 2 is 1.81 bits per heavy atom. The van der Waals surface area contributed by atoms with Gasteiger partial charge < -0.3 is 4.57 Å². The van der Waals surface area contributed by atoms with Gasteiger partial charge >= 0.3 is 0 Å². The maximum absolute atomic E-state index is 13.3. The van der Waals surface area contributed by atoms with Crippen LogP contribution in [0.4, 0.5) is 4.39 Å². The lowest BCUT2D eigenvalue weighted by atomic mass is 9.87. The highest BCUT2D eigenvalue weighted by atomic mass is 32.2. The van der Waals surface area contributed by atoms with Crippen molar-refractivity contribution in [2.75, 3.05) is 5.75 Å². The number of hydrogen-bond donors (Lipinski definition) is 0. The molecule has 0 saturated heterocycles. The van der Waals surface area contributed by atoms with E-state index in [1.165, 1.54) is 35.5 Å². The van der Waals surface area contributed by atoms with Gasteiger partial charge in [-0.25, -0.2) is 4.39 Å². The molecule has 0 aliphatic carbocycles. The van der Waals surface area contributed by atoms with Gasteiger partial charge in [0.2, 0.25) is 0 Å². The lowest BCUT2D eigenvalue weighted by Gasteiger charge is -2.19. The van der Waals surface area contributed by atoms with Crippen molar-refractivity contribution in [2.24, 2.45) is 7.05 Å². The molecule has 6 heteroatoms. The summed E-state index contributed by atoms with van der Waals surface area (Å²) in [6.07, 6.45) is 0. The first-order chi connectivity index (χ1) is 12.8. The molecule has 0 N–H and O–H groups in total. The van der Waals surface area contributed by atoms with Crippen molar-refractivity contribution in [3.8, 4) is 11.4 Å². The molecular formula is C21H22FN3OS. The minimum Gasteiger partial charge on any atom is -0.305 e. The third-order valence-corrected chi connectivity index (χ3v) is 5.34. The summed E-state index contributed by atoms with van der Waals surface area (Å²) < 4.78 is 15.1. The Labute approximate surface area is 162 Å². The molecule has 0 atom stereocenters. The van der Waals surface area contributed by atoms with Gasteiger partial charge in [0.25, 0.3) is 0 Å². The van der Waals surface area contributed by atoms with Crippen LogP contribution in [0.3, 0.4) is 0 Å². The van der Waals surface area contributed by atoms with Crippen LogP contribution in [0.25, 0.3) is 11.4 Å². The van der Waals surface area contributed by atoms with E-state index in [1.807, 2.05) is 23.7 Å². The highest BCUT2D eigenvalue weighted by Gasteiger charge is 2.16. The number of carbonyl (C=O) groups is 1. The Morgan fingerprint density at radius 1 is 1.11 bits per heavy atom. The van der Waals surface area contributed by atoms with Crippen LogP contribution in [0, 0.1) is 5.82 Å². The predicted molar refractivity (Wildman–Crippen MR) is 107 cm³/mol. The number of carbonyl (C=O) groups excluding carboxylic acids is 1. The van der Waals surface area contributed by atoms with Crippen molar-refractivity contribution in [3.63, 3.8) is 0 Å². The van der Waals surface area contributed by atoms with E-state index < -0.39 is 5.82 Å². The number of aromatic nitrogens is 3. The number of benzene rings is 2. The Balaban J connectivity index is 1.73. The fraction of sp³-hybridized carbons (Fsp3) is 0.286. The van der Waals surface area contributed by atoms with E-state index in [0.29, 0.717) is 10.7 Å². The Kier molecular flexibility index (Phi) is 5.46. The van der Waals surface area contributed by atoms with E-state index in [4.69, 9.17) is 0 Å². The van der Waals surface area contributed by atoms with Crippen LogP contribution in [-0.2, 0) is 12.5 Å². The summed E-state index contributed by atoms with van der Waals surface area (Å²) in [6, 6.07) is 14.0. The van der Waals surface area contributed by atoms with Gasteiger partial charge in [0.15, 0.2) is 16.8 Å². The van der Waals surface area contributed by atoms with Gasteiger partial charge in [-0.05, 0) is 23.1 Å². The molecule has 1 aromatic heterocycles. The average Bonchev–Trinajstić information content (AvgIpc) is 2.99. The SMILES string of the molecule is Cn1c(SCC(=O)c2cccc(F)c2)nnc1-c1ccc(C(C)(C)C)cc1. The van der Waals surface area contributed by atoms with Crippen LogP contribution in [0.5, 0.6) is 0 Å². The third kappa shape index (κ3) is 4.45. The monoisotopic (exact) mass is 383 g/mol. The third-order valence-electron chi connectivity index (χ3n) is 4.32. The summed E-state index contributed by atoms with van der Waals surface area (Å²) in [5, 5.41) is 9.11. The van der Waals surface area contributed by atoms with Gasteiger partial charge in [-0.2, -0.15) is 0 Å². The Morgan fingerprint density at radius 3 is 2.44 bits per heavy atom. The molecule has 3 aromatic rings. The van der Waals surface area contributed by atoms with Gasteiger partial charge in [-0.3, -0.25) is 4.79 Å². The first-order valence-corrected chi connectivity index (χ1v) is 9.66. The zero-order chi connectivity index (χ0) is 19.6. The summed E-state index contributed by atoms with van der Waals surface area (Å²) in [5.41, 5.74) is 2.68. The van der Waals surface area contributed by atoms with Crippen LogP contribution >= 0.6 is 11.8 Å². The molecule has 0 aliphatic rings. The second-order valence-corrected chi connectivity index (χ2v) is 8.36. The molecule has 0 unspecified atom stereocenters. The molecule has 2 aromatic carbocycles. The van der Waals surface area contributed by atoms with E-state index >= 15 is 0 Å². The molecule has 3 rings (SSSR count). The zero-order valence-corrected chi connectivity index (χ0v) is 16.7. The van der Waals surface area contributed by atoms with E-state index in [9.17, 15) is 9.18 Å². The van der Waals surface area contributed by atoms with Crippen molar-refractivity contribution >= 4 is 17.5 Å². The minimum absolute atomic E-state index is 0.0940. The maximum Gasteiger partial charge on any atom is 0.191 e. The summed E-state index contributed by atoms with van der Waals surface area (Å²) in [7, 11) is 1.88. The second-order valence-electron chi connectivity index (χ2n) is 7.41. The lowest BCUT2D eigenvalue weighted by molar-refractivity contribution is 0.102. The average molecular weight is 383 g/mol. The maximum atomic E-state index is 13.3. The van der Waals surface area contributed by atoms with Crippen LogP contribution in [0.1, 0.15) is 36.7 Å². The van der Waals surface area contributed by atoms with Crippen molar-refractivity contribution in [2.45, 2.75) is 31.3 Å². The van der Waals surface area contributed by atoms with Crippen molar-refractivity contribution < 1.29 is 9.18 Å². The van der Waals surface area contributed by atoms with Gasteiger partial charge in [-0.15, -0.1) is 10.2 Å². The number of rotatable bonds is 5. The van der Waals surface area contributed by atoms with E-state index in [2.05, 4.69) is 43.1 Å². The van der Waals surface area contributed by atoms with Crippen molar-refractivity contribution in [1.82, 2.24) is 14.8 Å². The second kappa shape index (κ2) is 7.64. The molecule has 0 aliphatic heterocycles.